The molecule has 0 unspecified atom stereocenters. The molecule has 178 valence electrons. The third-order valence-electron chi connectivity index (χ3n) is 5.61. The number of fused-ring (bicyclic) bond motifs is 1. The lowest BCUT2D eigenvalue weighted by Crippen LogP contribution is -2.30. The van der Waals surface area contributed by atoms with Crippen LogP contribution in [0.2, 0.25) is 0 Å². The van der Waals surface area contributed by atoms with Crippen LogP contribution < -0.4 is 10.2 Å². The van der Waals surface area contributed by atoms with Gasteiger partial charge in [0.2, 0.25) is 0 Å². The average molecular weight is 498 g/mol. The Morgan fingerprint density at radius 2 is 1.50 bits per heavy atom. The predicted molar refractivity (Wildman–Crippen MR) is 135 cm³/mol. The highest BCUT2D eigenvalue weighted by atomic mass is 32.1. The first-order valence-electron chi connectivity index (χ1n) is 11.0. The minimum atomic E-state index is -1.07. The fourth-order valence-corrected chi connectivity index (χ4v) is 4.45. The summed E-state index contributed by atoms with van der Waals surface area (Å²) < 4.78 is 5.30. The average Bonchev–Trinajstić information content (AvgIpc) is 3.47. The number of hydrogen-bond donors (Lipinski definition) is 1. The fourth-order valence-electron chi connectivity index (χ4n) is 3.73. The van der Waals surface area contributed by atoms with Gasteiger partial charge in [-0.25, -0.2) is 14.7 Å². The SMILES string of the molecule is C[C@@H](OC(=O)c1ccc(N2C(=O)c3ccccc3C2=O)cc1)C(=O)Nc1nc(-c2ccccc2)cs1. The molecule has 0 radical (unpaired) electrons. The number of hydrogen-bond acceptors (Lipinski definition) is 7. The van der Waals surface area contributed by atoms with Gasteiger partial charge in [0, 0.05) is 10.9 Å². The number of benzene rings is 3. The molecule has 3 amide bonds. The van der Waals surface area contributed by atoms with Crippen molar-refractivity contribution in [3.63, 3.8) is 0 Å². The van der Waals surface area contributed by atoms with Gasteiger partial charge in [-0.05, 0) is 43.3 Å². The first-order valence-corrected chi connectivity index (χ1v) is 11.9. The minimum absolute atomic E-state index is 0.177. The number of nitrogens with one attached hydrogen (secondary N) is 1. The second kappa shape index (κ2) is 9.55. The van der Waals surface area contributed by atoms with E-state index in [-0.39, 0.29) is 5.56 Å². The highest BCUT2D eigenvalue weighted by Crippen LogP contribution is 2.29. The molecule has 1 aromatic heterocycles. The van der Waals surface area contributed by atoms with Crippen molar-refractivity contribution < 1.29 is 23.9 Å². The summed E-state index contributed by atoms with van der Waals surface area (Å²) >= 11 is 1.27. The summed E-state index contributed by atoms with van der Waals surface area (Å²) in [5.41, 5.74) is 2.85. The van der Waals surface area contributed by atoms with Crippen molar-refractivity contribution in [3.05, 3.63) is 101 Å². The molecule has 0 saturated carbocycles. The van der Waals surface area contributed by atoms with Gasteiger partial charge in [-0.3, -0.25) is 19.7 Å². The topological polar surface area (TPSA) is 106 Å². The van der Waals surface area contributed by atoms with Crippen LogP contribution in [0.25, 0.3) is 11.3 Å². The van der Waals surface area contributed by atoms with E-state index in [9.17, 15) is 19.2 Å². The molecule has 5 rings (SSSR count). The largest absolute Gasteiger partial charge is 0.449 e. The maximum absolute atomic E-state index is 12.6. The van der Waals surface area contributed by atoms with Crippen molar-refractivity contribution in [2.75, 3.05) is 10.2 Å². The third kappa shape index (κ3) is 4.39. The van der Waals surface area contributed by atoms with E-state index in [0.717, 1.165) is 16.2 Å². The molecule has 0 spiro atoms. The number of anilines is 2. The Balaban J connectivity index is 1.21. The maximum Gasteiger partial charge on any atom is 0.338 e. The normalized spacial score (nSPS) is 13.3. The van der Waals surface area contributed by atoms with Crippen LogP contribution in [0.5, 0.6) is 0 Å². The molecular formula is C27H19N3O5S. The van der Waals surface area contributed by atoms with E-state index in [1.54, 1.807) is 24.3 Å². The minimum Gasteiger partial charge on any atom is -0.449 e. The molecule has 3 aromatic carbocycles. The van der Waals surface area contributed by atoms with Gasteiger partial charge < -0.3 is 4.74 Å². The molecule has 0 aliphatic carbocycles. The number of carbonyl (C=O) groups excluding carboxylic acids is 4. The Labute approximate surface area is 210 Å². The van der Waals surface area contributed by atoms with Crippen LogP contribution in [0.1, 0.15) is 38.0 Å². The molecule has 0 bridgehead atoms. The molecule has 2 heterocycles. The van der Waals surface area contributed by atoms with E-state index >= 15 is 0 Å². The number of esters is 1. The fraction of sp³-hybridized carbons (Fsp3) is 0.0741. The molecular weight excluding hydrogens is 478 g/mol. The molecule has 1 N–H and O–H groups in total. The Bertz CT molecular complexity index is 1450. The molecule has 0 saturated heterocycles. The van der Waals surface area contributed by atoms with Gasteiger partial charge in [0.25, 0.3) is 17.7 Å². The standard InChI is InChI=1S/C27H19N3O5S/c1-16(23(31)29-27-28-22(15-36-27)17-7-3-2-4-8-17)35-26(34)18-11-13-19(14-12-18)30-24(32)20-9-5-6-10-21(20)25(30)33/h2-16H,1H3,(H,28,29,31)/t16-/m1/s1. The Morgan fingerprint density at radius 3 is 2.14 bits per heavy atom. The molecule has 36 heavy (non-hydrogen) atoms. The smallest absolute Gasteiger partial charge is 0.338 e. The molecule has 1 aliphatic rings. The van der Waals surface area contributed by atoms with Crippen molar-refractivity contribution in [3.8, 4) is 11.3 Å². The number of thiazole rings is 1. The summed E-state index contributed by atoms with van der Waals surface area (Å²) in [6.45, 7) is 1.46. The molecule has 8 nitrogen and oxygen atoms in total. The van der Waals surface area contributed by atoms with Crippen LogP contribution in [-0.2, 0) is 9.53 Å². The number of ether oxygens (including phenoxy) is 1. The van der Waals surface area contributed by atoms with Crippen molar-refractivity contribution in [1.82, 2.24) is 4.98 Å². The van der Waals surface area contributed by atoms with Gasteiger partial charge in [-0.2, -0.15) is 0 Å². The predicted octanol–water partition coefficient (Wildman–Crippen LogP) is 4.79. The van der Waals surface area contributed by atoms with Crippen LogP contribution in [-0.4, -0.2) is 34.8 Å². The van der Waals surface area contributed by atoms with Crippen molar-refractivity contribution >= 4 is 45.8 Å². The van der Waals surface area contributed by atoms with E-state index in [4.69, 9.17) is 4.74 Å². The zero-order chi connectivity index (χ0) is 25.2. The molecule has 9 heteroatoms. The summed E-state index contributed by atoms with van der Waals surface area (Å²) in [5.74, 6) is -2.07. The van der Waals surface area contributed by atoms with Crippen molar-refractivity contribution in [1.29, 1.82) is 0 Å². The van der Waals surface area contributed by atoms with Gasteiger partial charge in [-0.15, -0.1) is 11.3 Å². The van der Waals surface area contributed by atoms with E-state index in [1.165, 1.54) is 42.5 Å². The highest BCUT2D eigenvalue weighted by Gasteiger charge is 2.36. The van der Waals surface area contributed by atoms with Crippen LogP contribution in [0.3, 0.4) is 0 Å². The highest BCUT2D eigenvalue weighted by molar-refractivity contribution is 7.14. The summed E-state index contributed by atoms with van der Waals surface area (Å²) in [5, 5.41) is 4.89. The zero-order valence-corrected chi connectivity index (χ0v) is 19.8. The first-order chi connectivity index (χ1) is 17.4. The number of carbonyl (C=O) groups is 4. The number of nitrogens with zero attached hydrogens (tertiary/aromatic N) is 2. The van der Waals surface area contributed by atoms with E-state index in [0.29, 0.717) is 21.9 Å². The van der Waals surface area contributed by atoms with Gasteiger partial charge in [0.15, 0.2) is 11.2 Å². The van der Waals surface area contributed by atoms with Crippen LogP contribution in [0, 0.1) is 0 Å². The molecule has 1 aliphatic heterocycles. The lowest BCUT2D eigenvalue weighted by Gasteiger charge is -2.15. The second-order valence-electron chi connectivity index (χ2n) is 7.98. The van der Waals surface area contributed by atoms with Crippen molar-refractivity contribution in [2.45, 2.75) is 13.0 Å². The van der Waals surface area contributed by atoms with E-state index in [2.05, 4.69) is 10.3 Å². The lowest BCUT2D eigenvalue weighted by atomic mass is 10.1. The number of aromatic nitrogens is 1. The third-order valence-corrected chi connectivity index (χ3v) is 6.37. The zero-order valence-electron chi connectivity index (χ0n) is 19.0. The molecule has 4 aromatic rings. The summed E-state index contributed by atoms with van der Waals surface area (Å²) in [6, 6.07) is 22.0. The van der Waals surface area contributed by atoms with Crippen LogP contribution in [0.4, 0.5) is 10.8 Å². The van der Waals surface area contributed by atoms with Gasteiger partial charge in [0.1, 0.15) is 0 Å². The Hall–Kier alpha value is -4.63. The van der Waals surface area contributed by atoms with E-state index < -0.39 is 29.8 Å². The molecule has 1 atom stereocenters. The quantitative estimate of drug-likeness (QED) is 0.303. The summed E-state index contributed by atoms with van der Waals surface area (Å²) in [7, 11) is 0. The monoisotopic (exact) mass is 497 g/mol. The molecule has 0 fully saturated rings. The lowest BCUT2D eigenvalue weighted by molar-refractivity contribution is -0.123. The first kappa shape index (κ1) is 23.1. The summed E-state index contributed by atoms with van der Waals surface area (Å²) in [4.78, 5) is 55.9. The Morgan fingerprint density at radius 1 is 0.889 bits per heavy atom. The number of amides is 3. The summed E-state index contributed by atoms with van der Waals surface area (Å²) in [6.07, 6.45) is -1.07. The second-order valence-corrected chi connectivity index (χ2v) is 8.84. The van der Waals surface area contributed by atoms with Gasteiger partial charge in [-0.1, -0.05) is 42.5 Å². The van der Waals surface area contributed by atoms with Crippen LogP contribution >= 0.6 is 11.3 Å². The van der Waals surface area contributed by atoms with E-state index in [1.807, 2.05) is 35.7 Å². The Kier molecular flexibility index (Phi) is 6.14. The number of imide groups is 1. The number of rotatable bonds is 6. The maximum atomic E-state index is 12.6. The van der Waals surface area contributed by atoms with Crippen LogP contribution in [0.15, 0.2) is 84.2 Å². The van der Waals surface area contributed by atoms with Crippen molar-refractivity contribution in [2.24, 2.45) is 0 Å². The van der Waals surface area contributed by atoms with Gasteiger partial charge in [0.05, 0.1) is 28.1 Å². The van der Waals surface area contributed by atoms with Gasteiger partial charge >= 0.3 is 5.97 Å².